The Bertz CT molecular complexity index is 423. The number of phosphoric ester groups is 1. The van der Waals surface area contributed by atoms with E-state index in [0.29, 0.717) is 6.42 Å². The number of likely N-dealkylation sites (N-methyl/N-ethyl adjacent to an activating group) is 1. The van der Waals surface area contributed by atoms with Gasteiger partial charge in [0.25, 0.3) is 0 Å². The molecule has 2 unspecified atom stereocenters. The molecule has 0 saturated heterocycles. The molecule has 162 valence electrons. The van der Waals surface area contributed by atoms with Crippen LogP contribution < -0.4 is 0 Å². The lowest BCUT2D eigenvalue weighted by molar-refractivity contribution is -0.138. The maximum Gasteiger partial charge on any atom is 0.472 e. The molecule has 0 aliphatic heterocycles. The van der Waals surface area contributed by atoms with Gasteiger partial charge in [-0.25, -0.2) is 4.57 Å². The minimum Gasteiger partial charge on any atom is -0.480 e. The lowest BCUT2D eigenvalue weighted by Crippen LogP contribution is -2.35. The molecule has 0 fully saturated rings. The van der Waals surface area contributed by atoms with Crippen molar-refractivity contribution in [1.29, 1.82) is 0 Å². The van der Waals surface area contributed by atoms with Crippen LogP contribution >= 0.6 is 7.82 Å². The van der Waals surface area contributed by atoms with Gasteiger partial charge in [0.2, 0.25) is 0 Å². The van der Waals surface area contributed by atoms with Gasteiger partial charge < -0.3 is 15.1 Å². The van der Waals surface area contributed by atoms with E-state index in [1.54, 1.807) is 0 Å². The number of aliphatic hydroxyl groups excluding tert-OH is 1. The molecule has 0 bridgehead atoms. The first-order valence-electron chi connectivity index (χ1n) is 9.97. The van der Waals surface area contributed by atoms with Gasteiger partial charge in [-0.1, -0.05) is 64.7 Å². The summed E-state index contributed by atoms with van der Waals surface area (Å²) < 4.78 is 21.4. The van der Waals surface area contributed by atoms with Crippen LogP contribution in [0.25, 0.3) is 0 Å². The number of phosphoric acid groups is 1. The van der Waals surface area contributed by atoms with E-state index in [-0.39, 0.29) is 19.7 Å². The first-order valence-corrected chi connectivity index (χ1v) is 11.5. The van der Waals surface area contributed by atoms with Crippen LogP contribution in [0, 0.1) is 0 Å². The van der Waals surface area contributed by atoms with Crippen LogP contribution in [-0.4, -0.2) is 65.4 Å². The standard InChI is InChI=1S/C18H38NO7P/c1-3-4-5-6-7-8-9-10-11-12-13-25-27(23,24)26-16-17(20)14-19(2)15-18(21)22/h17,20H,3-16H2,1-2H3,(H,21,22)(H,23,24). The van der Waals surface area contributed by atoms with Crippen molar-refractivity contribution >= 4 is 13.8 Å². The largest absolute Gasteiger partial charge is 0.480 e. The summed E-state index contributed by atoms with van der Waals surface area (Å²) in [6.07, 6.45) is 10.5. The van der Waals surface area contributed by atoms with Crippen molar-refractivity contribution in [3.05, 3.63) is 0 Å². The van der Waals surface area contributed by atoms with Crippen LogP contribution in [0.5, 0.6) is 0 Å². The topological polar surface area (TPSA) is 117 Å². The summed E-state index contributed by atoms with van der Waals surface area (Å²) in [4.78, 5) is 21.5. The van der Waals surface area contributed by atoms with E-state index in [0.717, 1.165) is 12.8 Å². The predicted molar refractivity (Wildman–Crippen MR) is 105 cm³/mol. The predicted octanol–water partition coefficient (Wildman–Crippen LogP) is 3.42. The second kappa shape index (κ2) is 16.5. The Labute approximate surface area is 163 Å². The van der Waals surface area contributed by atoms with Crippen LogP contribution in [-0.2, 0) is 18.4 Å². The van der Waals surface area contributed by atoms with E-state index in [1.807, 2.05) is 0 Å². The highest BCUT2D eigenvalue weighted by molar-refractivity contribution is 7.47. The molecule has 0 heterocycles. The van der Waals surface area contributed by atoms with Gasteiger partial charge in [0.05, 0.1) is 25.9 Å². The highest BCUT2D eigenvalue weighted by Crippen LogP contribution is 2.43. The number of hydrogen-bond acceptors (Lipinski definition) is 6. The van der Waals surface area contributed by atoms with Gasteiger partial charge in [-0.15, -0.1) is 0 Å². The Morgan fingerprint density at radius 3 is 2.04 bits per heavy atom. The Morgan fingerprint density at radius 2 is 1.52 bits per heavy atom. The number of hydrogen-bond donors (Lipinski definition) is 3. The number of aliphatic hydroxyl groups is 1. The molecule has 0 aliphatic rings. The van der Waals surface area contributed by atoms with Crippen molar-refractivity contribution in [1.82, 2.24) is 4.90 Å². The Kier molecular flexibility index (Phi) is 16.1. The number of unbranched alkanes of at least 4 members (excludes halogenated alkanes) is 9. The van der Waals surface area contributed by atoms with Crippen molar-refractivity contribution < 1.29 is 33.5 Å². The molecule has 0 aromatic heterocycles. The number of carbonyl (C=O) groups is 1. The zero-order chi connectivity index (χ0) is 20.5. The maximum absolute atomic E-state index is 11.7. The van der Waals surface area contributed by atoms with Crippen molar-refractivity contribution in [2.24, 2.45) is 0 Å². The minimum atomic E-state index is -4.19. The van der Waals surface area contributed by atoms with E-state index < -0.39 is 26.5 Å². The Hall–Kier alpha value is -0.500. The molecule has 0 amide bonds. The second-order valence-corrected chi connectivity index (χ2v) is 8.48. The van der Waals surface area contributed by atoms with E-state index in [2.05, 4.69) is 6.92 Å². The van der Waals surface area contributed by atoms with E-state index >= 15 is 0 Å². The van der Waals surface area contributed by atoms with Gasteiger partial charge in [-0.3, -0.25) is 18.7 Å². The molecule has 0 saturated carbocycles. The molecule has 0 aliphatic carbocycles. The summed E-state index contributed by atoms with van der Waals surface area (Å²) in [7, 11) is -2.66. The summed E-state index contributed by atoms with van der Waals surface area (Å²) in [6, 6.07) is 0. The molecule has 3 N–H and O–H groups in total. The van der Waals surface area contributed by atoms with E-state index in [1.165, 1.54) is 56.9 Å². The van der Waals surface area contributed by atoms with E-state index in [9.17, 15) is 19.4 Å². The molecule has 0 radical (unpaired) electrons. The third-order valence-corrected chi connectivity index (χ3v) is 5.09. The quantitative estimate of drug-likeness (QED) is 0.219. The fourth-order valence-electron chi connectivity index (χ4n) is 2.69. The summed E-state index contributed by atoms with van der Waals surface area (Å²) >= 11 is 0. The minimum absolute atomic E-state index is 0.0186. The number of nitrogens with zero attached hydrogens (tertiary/aromatic N) is 1. The summed E-state index contributed by atoms with van der Waals surface area (Å²) in [5, 5.41) is 18.3. The van der Waals surface area contributed by atoms with Crippen molar-refractivity contribution in [3.8, 4) is 0 Å². The lowest BCUT2D eigenvalue weighted by Gasteiger charge is -2.19. The smallest absolute Gasteiger partial charge is 0.472 e. The van der Waals surface area contributed by atoms with Crippen LogP contribution in [0.1, 0.15) is 71.1 Å². The Balaban J connectivity index is 3.62. The summed E-state index contributed by atoms with van der Waals surface area (Å²) in [5.41, 5.74) is 0. The van der Waals surface area contributed by atoms with Crippen LogP contribution in [0.3, 0.4) is 0 Å². The number of carboxylic acid groups (broad SMARTS) is 1. The SMILES string of the molecule is CCCCCCCCCCCCOP(=O)(O)OCC(O)CN(C)CC(=O)O. The van der Waals surface area contributed by atoms with Gasteiger partial charge in [-0.2, -0.15) is 0 Å². The average Bonchev–Trinajstić information content (AvgIpc) is 2.57. The van der Waals surface area contributed by atoms with Crippen molar-refractivity contribution in [2.75, 3.05) is 33.4 Å². The van der Waals surface area contributed by atoms with Crippen LogP contribution in [0.2, 0.25) is 0 Å². The summed E-state index contributed by atoms with van der Waals surface area (Å²) in [6.45, 7) is 1.74. The van der Waals surface area contributed by atoms with Gasteiger partial charge in [0, 0.05) is 6.54 Å². The molecular formula is C18H38NO7P. The highest BCUT2D eigenvalue weighted by atomic mass is 31.2. The van der Waals surface area contributed by atoms with Crippen LogP contribution in [0.15, 0.2) is 0 Å². The lowest BCUT2D eigenvalue weighted by atomic mass is 10.1. The zero-order valence-electron chi connectivity index (χ0n) is 16.8. The molecule has 9 heteroatoms. The molecule has 0 spiro atoms. The monoisotopic (exact) mass is 411 g/mol. The van der Waals surface area contributed by atoms with E-state index in [4.69, 9.17) is 14.2 Å². The molecule has 8 nitrogen and oxygen atoms in total. The van der Waals surface area contributed by atoms with Gasteiger partial charge >= 0.3 is 13.8 Å². The van der Waals surface area contributed by atoms with Crippen LogP contribution in [0.4, 0.5) is 0 Å². The number of aliphatic carboxylic acids is 1. The Morgan fingerprint density at radius 1 is 1.00 bits per heavy atom. The first kappa shape index (κ1) is 26.5. The van der Waals surface area contributed by atoms with Gasteiger partial charge in [0.15, 0.2) is 0 Å². The molecule has 2 atom stereocenters. The number of carboxylic acids is 1. The van der Waals surface area contributed by atoms with Crippen molar-refractivity contribution in [3.63, 3.8) is 0 Å². The molecular weight excluding hydrogens is 373 g/mol. The van der Waals surface area contributed by atoms with Crippen molar-refractivity contribution in [2.45, 2.75) is 77.2 Å². The van der Waals surface area contributed by atoms with Gasteiger partial charge in [0.1, 0.15) is 0 Å². The maximum atomic E-state index is 11.7. The third-order valence-electron chi connectivity index (χ3n) is 4.11. The van der Waals surface area contributed by atoms with Gasteiger partial charge in [-0.05, 0) is 13.5 Å². The normalized spacial score (nSPS) is 15.0. The third kappa shape index (κ3) is 18.6. The molecule has 0 aromatic rings. The average molecular weight is 411 g/mol. The zero-order valence-corrected chi connectivity index (χ0v) is 17.7. The summed E-state index contributed by atoms with van der Waals surface area (Å²) in [5.74, 6) is -1.02. The number of rotatable bonds is 19. The second-order valence-electron chi connectivity index (χ2n) is 7.02. The molecule has 27 heavy (non-hydrogen) atoms. The fourth-order valence-corrected chi connectivity index (χ4v) is 3.49. The highest BCUT2D eigenvalue weighted by Gasteiger charge is 2.23. The first-order chi connectivity index (χ1) is 12.8. The molecule has 0 rings (SSSR count). The molecule has 0 aromatic carbocycles. The fraction of sp³-hybridized carbons (Fsp3) is 0.944.